The molecule has 0 aromatic carbocycles. The van der Waals surface area contributed by atoms with Gasteiger partial charge in [-0.1, -0.05) is 55.4 Å². The zero-order valence-electron chi connectivity index (χ0n) is 18.8. The van der Waals surface area contributed by atoms with E-state index in [1.54, 1.807) is 5.57 Å². The Morgan fingerprint density at radius 2 is 2.00 bits per heavy atom. The van der Waals surface area contributed by atoms with Crippen molar-refractivity contribution in [2.24, 2.45) is 23.2 Å². The van der Waals surface area contributed by atoms with Gasteiger partial charge in [0.15, 0.2) is 0 Å². The summed E-state index contributed by atoms with van der Waals surface area (Å²) in [5.41, 5.74) is 6.12. The fourth-order valence-electron chi connectivity index (χ4n) is 6.45. The van der Waals surface area contributed by atoms with Crippen molar-refractivity contribution in [2.45, 2.75) is 98.0 Å². The molecule has 0 aliphatic heterocycles. The van der Waals surface area contributed by atoms with Crippen molar-refractivity contribution in [3.8, 4) is 0 Å². The Kier molecular flexibility index (Phi) is 7.07. The van der Waals surface area contributed by atoms with Gasteiger partial charge in [0, 0.05) is 0 Å². The summed E-state index contributed by atoms with van der Waals surface area (Å²) in [4.78, 5) is 0. The highest BCUT2D eigenvalue weighted by atomic mass is 16.3. The molecule has 3 fully saturated rings. The highest BCUT2D eigenvalue weighted by Gasteiger charge is 2.50. The van der Waals surface area contributed by atoms with E-state index in [-0.39, 0.29) is 6.10 Å². The van der Waals surface area contributed by atoms with Crippen LogP contribution in [-0.2, 0) is 0 Å². The van der Waals surface area contributed by atoms with Crippen LogP contribution < -0.4 is 0 Å². The number of allylic oxidation sites excluding steroid dienone is 6. The minimum atomic E-state index is -0.177. The van der Waals surface area contributed by atoms with Crippen LogP contribution in [0.25, 0.3) is 0 Å². The molecule has 1 N–H and O–H groups in total. The molecule has 1 nitrogen and oxygen atoms in total. The largest absolute Gasteiger partial charge is 0.393 e. The monoisotopic (exact) mass is 382 g/mol. The number of aliphatic hydroxyl groups is 1. The number of rotatable bonds is 5. The summed E-state index contributed by atoms with van der Waals surface area (Å²) in [5.74, 6) is 2.44. The lowest BCUT2D eigenvalue weighted by Gasteiger charge is -2.44. The average Bonchev–Trinajstić information content (AvgIpc) is 2.99. The summed E-state index contributed by atoms with van der Waals surface area (Å²) in [6, 6.07) is 0. The van der Waals surface area contributed by atoms with E-state index >= 15 is 0 Å². The van der Waals surface area contributed by atoms with Crippen LogP contribution in [0.2, 0.25) is 0 Å². The Morgan fingerprint density at radius 3 is 2.75 bits per heavy atom. The van der Waals surface area contributed by atoms with E-state index in [1.807, 2.05) is 0 Å². The van der Waals surface area contributed by atoms with Crippen molar-refractivity contribution in [3.63, 3.8) is 0 Å². The molecule has 0 radical (unpaired) electrons. The second-order valence-corrected chi connectivity index (χ2v) is 10.4. The standard InChI is InChI=1S/C27H42O/c1-19(2)8-6-9-21(4)25-15-16-26-22(10-7-17-27(25,26)5)12-13-23-18-24(28)14-11-20(23)3/h8,12-13,21,24-26,28H,3,6-7,9-11,14-18H2,1-2,4-5H3/t21-,24+,25?,26?,27-/m1/s1. The molecule has 0 amide bonds. The van der Waals surface area contributed by atoms with Gasteiger partial charge in [0.1, 0.15) is 0 Å². The predicted octanol–water partition coefficient (Wildman–Crippen LogP) is 7.54. The minimum Gasteiger partial charge on any atom is -0.393 e. The molecule has 0 bridgehead atoms. The Balaban J connectivity index is 1.72. The summed E-state index contributed by atoms with van der Waals surface area (Å²) < 4.78 is 0. The third-order valence-corrected chi connectivity index (χ3v) is 8.09. The number of aliphatic hydroxyl groups excluding tert-OH is 1. The highest BCUT2D eigenvalue weighted by Crippen LogP contribution is 2.59. The van der Waals surface area contributed by atoms with E-state index in [4.69, 9.17) is 0 Å². The smallest absolute Gasteiger partial charge is 0.0583 e. The molecule has 3 rings (SSSR count). The van der Waals surface area contributed by atoms with Gasteiger partial charge >= 0.3 is 0 Å². The van der Waals surface area contributed by atoms with Crippen molar-refractivity contribution >= 4 is 0 Å². The maximum atomic E-state index is 10.0. The van der Waals surface area contributed by atoms with Crippen LogP contribution >= 0.6 is 0 Å². The van der Waals surface area contributed by atoms with Crippen LogP contribution in [0.1, 0.15) is 91.9 Å². The third-order valence-electron chi connectivity index (χ3n) is 8.09. The lowest BCUT2D eigenvalue weighted by atomic mass is 9.60. The number of hydrogen-bond donors (Lipinski definition) is 1. The van der Waals surface area contributed by atoms with Gasteiger partial charge in [-0.3, -0.25) is 0 Å². The van der Waals surface area contributed by atoms with Crippen LogP contribution in [-0.4, -0.2) is 11.2 Å². The molecular weight excluding hydrogens is 340 g/mol. The lowest BCUT2D eigenvalue weighted by Crippen LogP contribution is -2.36. The molecule has 0 aromatic rings. The molecule has 0 heterocycles. The van der Waals surface area contributed by atoms with Gasteiger partial charge in [0.25, 0.3) is 0 Å². The SMILES string of the molecule is C=C1CC[C@H](O)CC1=CC=C1CCC[C@@]2(C)C1CCC2[C@H](C)CCC=C(C)C. The van der Waals surface area contributed by atoms with Gasteiger partial charge in [0.2, 0.25) is 0 Å². The summed E-state index contributed by atoms with van der Waals surface area (Å²) in [7, 11) is 0. The summed E-state index contributed by atoms with van der Waals surface area (Å²) in [6.07, 6.45) is 18.9. The molecule has 156 valence electrons. The zero-order valence-corrected chi connectivity index (χ0v) is 18.8. The van der Waals surface area contributed by atoms with Crippen molar-refractivity contribution in [1.82, 2.24) is 0 Å². The number of fused-ring (bicyclic) bond motifs is 1. The molecule has 0 aromatic heterocycles. The van der Waals surface area contributed by atoms with E-state index in [0.29, 0.717) is 5.41 Å². The molecule has 0 saturated heterocycles. The molecule has 0 spiro atoms. The second-order valence-electron chi connectivity index (χ2n) is 10.4. The topological polar surface area (TPSA) is 20.2 Å². The zero-order chi connectivity index (χ0) is 20.3. The average molecular weight is 383 g/mol. The molecule has 28 heavy (non-hydrogen) atoms. The number of hydrogen-bond acceptors (Lipinski definition) is 1. The van der Waals surface area contributed by atoms with E-state index in [2.05, 4.69) is 52.5 Å². The van der Waals surface area contributed by atoms with Crippen LogP contribution in [0.3, 0.4) is 0 Å². The van der Waals surface area contributed by atoms with Crippen molar-refractivity contribution in [2.75, 3.05) is 0 Å². The van der Waals surface area contributed by atoms with Crippen LogP contribution in [0.4, 0.5) is 0 Å². The molecule has 1 heteroatoms. The molecule has 2 unspecified atom stereocenters. The first-order chi connectivity index (χ1) is 13.3. The maximum Gasteiger partial charge on any atom is 0.0583 e. The van der Waals surface area contributed by atoms with Gasteiger partial charge in [-0.25, -0.2) is 0 Å². The maximum absolute atomic E-state index is 10.0. The van der Waals surface area contributed by atoms with Crippen molar-refractivity contribution in [1.29, 1.82) is 0 Å². The van der Waals surface area contributed by atoms with Gasteiger partial charge in [-0.2, -0.15) is 0 Å². The second kappa shape index (κ2) is 9.16. The quantitative estimate of drug-likeness (QED) is 0.487. The highest BCUT2D eigenvalue weighted by molar-refractivity contribution is 5.36. The fraction of sp³-hybridized carbons (Fsp3) is 0.704. The van der Waals surface area contributed by atoms with E-state index < -0.39 is 0 Å². The van der Waals surface area contributed by atoms with Gasteiger partial charge in [-0.15, -0.1) is 0 Å². The van der Waals surface area contributed by atoms with E-state index in [1.165, 1.54) is 61.7 Å². The summed E-state index contributed by atoms with van der Waals surface area (Å²) >= 11 is 0. The fourth-order valence-corrected chi connectivity index (χ4v) is 6.45. The van der Waals surface area contributed by atoms with Crippen LogP contribution in [0.5, 0.6) is 0 Å². The van der Waals surface area contributed by atoms with Gasteiger partial charge < -0.3 is 5.11 Å². The summed E-state index contributed by atoms with van der Waals surface area (Å²) in [6.45, 7) is 13.8. The first kappa shape index (κ1) is 21.6. The van der Waals surface area contributed by atoms with Crippen LogP contribution in [0, 0.1) is 23.2 Å². The van der Waals surface area contributed by atoms with E-state index in [0.717, 1.165) is 37.0 Å². The Bertz CT molecular complexity index is 660. The van der Waals surface area contributed by atoms with Gasteiger partial charge in [0.05, 0.1) is 6.10 Å². The van der Waals surface area contributed by atoms with Crippen molar-refractivity contribution in [3.05, 3.63) is 47.1 Å². The van der Waals surface area contributed by atoms with Gasteiger partial charge in [-0.05, 0) is 107 Å². The summed E-state index contributed by atoms with van der Waals surface area (Å²) in [5, 5.41) is 10.0. The first-order valence-corrected chi connectivity index (χ1v) is 11.7. The Morgan fingerprint density at radius 1 is 1.21 bits per heavy atom. The molecule has 5 atom stereocenters. The third kappa shape index (κ3) is 4.73. The molecule has 3 aliphatic carbocycles. The minimum absolute atomic E-state index is 0.177. The lowest BCUT2D eigenvalue weighted by molar-refractivity contribution is 0.0946. The Labute approximate surface area is 173 Å². The predicted molar refractivity (Wildman–Crippen MR) is 121 cm³/mol. The van der Waals surface area contributed by atoms with E-state index in [9.17, 15) is 5.11 Å². The molecule has 3 saturated carbocycles. The Hall–Kier alpha value is -1.08. The van der Waals surface area contributed by atoms with Crippen molar-refractivity contribution < 1.29 is 5.11 Å². The normalized spacial score (nSPS) is 37.2. The first-order valence-electron chi connectivity index (χ1n) is 11.7. The molecule has 3 aliphatic rings. The van der Waals surface area contributed by atoms with Crippen LogP contribution in [0.15, 0.2) is 47.1 Å². The molecular formula is C27H42O.